The smallest absolute Gasteiger partial charge is 0.412 e. The normalized spacial score (nSPS) is 25.5. The van der Waals surface area contributed by atoms with Crippen LogP contribution in [0, 0.1) is 0 Å². The number of hydrogen-bond donors (Lipinski definition) is 2. The fourth-order valence-electron chi connectivity index (χ4n) is 3.46. The number of hydrogen-bond acceptors (Lipinski definition) is 7. The summed E-state index contributed by atoms with van der Waals surface area (Å²) in [6.45, 7) is 0.293. The summed E-state index contributed by atoms with van der Waals surface area (Å²) >= 11 is 0. The Kier molecular flexibility index (Phi) is 5.91. The molecule has 2 aromatic carbocycles. The molecule has 2 aliphatic rings. The van der Waals surface area contributed by atoms with Crippen LogP contribution in [-0.4, -0.2) is 58.3 Å². The summed E-state index contributed by atoms with van der Waals surface area (Å²) in [5, 5.41) is 2.65. The van der Waals surface area contributed by atoms with Gasteiger partial charge >= 0.3 is 6.09 Å². The molecule has 0 aliphatic carbocycles. The summed E-state index contributed by atoms with van der Waals surface area (Å²) < 4.78 is 47.7. The third-order valence-corrected chi connectivity index (χ3v) is 5.44. The molecule has 2 N–H and O–H groups in total. The maximum Gasteiger partial charge on any atom is 0.412 e. The molecule has 9 nitrogen and oxygen atoms in total. The van der Waals surface area contributed by atoms with Crippen LogP contribution in [0.25, 0.3) is 0 Å². The van der Waals surface area contributed by atoms with Gasteiger partial charge in [-0.3, -0.25) is 5.32 Å². The molecule has 2 fully saturated rings. The maximum absolute atomic E-state index is 12.3. The summed E-state index contributed by atoms with van der Waals surface area (Å²) in [6, 6.07) is 15.7. The fraction of sp³-hybridized carbons (Fsp3) is 0.350. The lowest BCUT2D eigenvalue weighted by Gasteiger charge is -2.17. The lowest BCUT2D eigenvalue weighted by molar-refractivity contribution is 0.00884. The molecule has 0 aromatic heterocycles. The number of carbonyl (C=O) groups is 1. The Labute approximate surface area is 174 Å². The quantitative estimate of drug-likeness (QED) is 0.716. The Morgan fingerprint density at radius 2 is 1.63 bits per heavy atom. The number of anilines is 1. The van der Waals surface area contributed by atoms with Crippen LogP contribution in [0.15, 0.2) is 54.6 Å². The first kappa shape index (κ1) is 20.6. The number of amides is 1. The first-order valence-corrected chi connectivity index (χ1v) is 11.3. The molecular weight excluding hydrogens is 412 g/mol. The minimum atomic E-state index is -3.39. The maximum atomic E-state index is 12.3. The molecule has 0 bridgehead atoms. The predicted octanol–water partition coefficient (Wildman–Crippen LogP) is 2.11. The number of sulfonamides is 1. The fourth-order valence-corrected chi connectivity index (χ4v) is 4.21. The van der Waals surface area contributed by atoms with Crippen LogP contribution < -0.4 is 14.8 Å². The molecular formula is C20H22N2O7S. The molecule has 2 aromatic rings. The van der Waals surface area contributed by atoms with Gasteiger partial charge in [0.25, 0.3) is 0 Å². The number of ether oxygens (including phenoxy) is 4. The summed E-state index contributed by atoms with van der Waals surface area (Å²) in [5.74, 6) is 1.35. The molecule has 0 radical (unpaired) electrons. The molecule has 4 atom stereocenters. The van der Waals surface area contributed by atoms with Crippen molar-refractivity contribution in [3.05, 3.63) is 54.6 Å². The SMILES string of the molecule is CS(=O)(=O)NC1COC2C(OC(=O)Nc3ccc(Oc4ccccc4)cc3)COC12. The topological polar surface area (TPSA) is 112 Å². The van der Waals surface area contributed by atoms with Gasteiger partial charge in [0.15, 0.2) is 6.10 Å². The summed E-state index contributed by atoms with van der Waals surface area (Å²) in [5.41, 5.74) is 0.542. The third-order valence-electron chi connectivity index (χ3n) is 4.71. The number of fused-ring (bicyclic) bond motifs is 1. The minimum absolute atomic E-state index is 0.133. The second kappa shape index (κ2) is 8.60. The van der Waals surface area contributed by atoms with E-state index < -0.39 is 40.5 Å². The van der Waals surface area contributed by atoms with Crippen LogP contribution in [0.3, 0.4) is 0 Å². The van der Waals surface area contributed by atoms with Gasteiger partial charge in [-0.1, -0.05) is 18.2 Å². The number of rotatable bonds is 6. The first-order chi connectivity index (χ1) is 14.4. The molecule has 160 valence electrons. The van der Waals surface area contributed by atoms with Crippen molar-refractivity contribution >= 4 is 21.8 Å². The van der Waals surface area contributed by atoms with E-state index in [1.54, 1.807) is 24.3 Å². The van der Waals surface area contributed by atoms with Crippen molar-refractivity contribution in [2.45, 2.75) is 24.4 Å². The van der Waals surface area contributed by atoms with E-state index in [0.29, 0.717) is 17.2 Å². The molecule has 30 heavy (non-hydrogen) atoms. The van der Waals surface area contributed by atoms with Gasteiger partial charge in [0.05, 0.1) is 25.5 Å². The van der Waals surface area contributed by atoms with Crippen molar-refractivity contribution in [2.24, 2.45) is 0 Å². The second-order valence-electron chi connectivity index (χ2n) is 7.10. The van der Waals surface area contributed by atoms with Crippen LogP contribution in [0.1, 0.15) is 0 Å². The average molecular weight is 434 g/mol. The number of carbonyl (C=O) groups excluding carboxylic acids is 1. The molecule has 4 unspecified atom stereocenters. The van der Waals surface area contributed by atoms with Gasteiger partial charge in [-0.05, 0) is 36.4 Å². The monoisotopic (exact) mass is 434 g/mol. The van der Waals surface area contributed by atoms with Gasteiger partial charge in [-0.2, -0.15) is 0 Å². The predicted molar refractivity (Wildman–Crippen MR) is 108 cm³/mol. The molecule has 4 rings (SSSR count). The first-order valence-electron chi connectivity index (χ1n) is 9.38. The molecule has 2 saturated heterocycles. The molecule has 0 saturated carbocycles. The highest BCUT2D eigenvalue weighted by Gasteiger charge is 2.50. The summed E-state index contributed by atoms with van der Waals surface area (Å²) in [7, 11) is -3.39. The lowest BCUT2D eigenvalue weighted by Crippen LogP contribution is -2.44. The van der Waals surface area contributed by atoms with Crippen LogP contribution in [-0.2, 0) is 24.2 Å². The number of benzene rings is 2. The lowest BCUT2D eigenvalue weighted by atomic mass is 10.1. The zero-order valence-electron chi connectivity index (χ0n) is 16.2. The van der Waals surface area contributed by atoms with Crippen molar-refractivity contribution in [3.8, 4) is 11.5 Å². The van der Waals surface area contributed by atoms with Crippen molar-refractivity contribution in [3.63, 3.8) is 0 Å². The Morgan fingerprint density at radius 3 is 2.33 bits per heavy atom. The average Bonchev–Trinajstić information content (AvgIpc) is 3.27. The van der Waals surface area contributed by atoms with E-state index in [9.17, 15) is 13.2 Å². The molecule has 10 heteroatoms. The van der Waals surface area contributed by atoms with Gasteiger partial charge in [0.1, 0.15) is 23.7 Å². The van der Waals surface area contributed by atoms with E-state index >= 15 is 0 Å². The van der Waals surface area contributed by atoms with Crippen molar-refractivity contribution in [2.75, 3.05) is 24.8 Å². The van der Waals surface area contributed by atoms with Crippen molar-refractivity contribution in [1.82, 2.24) is 4.72 Å². The van der Waals surface area contributed by atoms with Crippen molar-refractivity contribution < 1.29 is 32.2 Å². The van der Waals surface area contributed by atoms with E-state index in [0.717, 1.165) is 6.26 Å². The Morgan fingerprint density at radius 1 is 0.967 bits per heavy atom. The largest absolute Gasteiger partial charge is 0.457 e. The summed E-state index contributed by atoms with van der Waals surface area (Å²) in [4.78, 5) is 12.3. The van der Waals surface area contributed by atoms with Gasteiger partial charge in [0, 0.05) is 5.69 Å². The van der Waals surface area contributed by atoms with Gasteiger partial charge in [-0.25, -0.2) is 17.9 Å². The van der Waals surface area contributed by atoms with Gasteiger partial charge < -0.3 is 18.9 Å². The summed E-state index contributed by atoms with van der Waals surface area (Å²) in [6.07, 6.45) is -1.21. The Bertz CT molecular complexity index is 982. The van der Waals surface area contributed by atoms with Crippen molar-refractivity contribution in [1.29, 1.82) is 0 Å². The zero-order chi connectivity index (χ0) is 21.1. The highest BCUT2D eigenvalue weighted by molar-refractivity contribution is 7.88. The zero-order valence-corrected chi connectivity index (χ0v) is 17.0. The van der Waals surface area contributed by atoms with Crippen LogP contribution in [0.5, 0.6) is 11.5 Å². The van der Waals surface area contributed by atoms with Crippen LogP contribution >= 0.6 is 0 Å². The Balaban J connectivity index is 1.29. The second-order valence-corrected chi connectivity index (χ2v) is 8.88. The highest BCUT2D eigenvalue weighted by atomic mass is 32.2. The van der Waals surface area contributed by atoms with Gasteiger partial charge in [0.2, 0.25) is 10.0 Å². The van der Waals surface area contributed by atoms with E-state index in [-0.39, 0.29) is 13.2 Å². The minimum Gasteiger partial charge on any atom is -0.457 e. The molecule has 2 aliphatic heterocycles. The van der Waals surface area contributed by atoms with Crippen LogP contribution in [0.2, 0.25) is 0 Å². The number of para-hydroxylation sites is 1. The van der Waals surface area contributed by atoms with Gasteiger partial charge in [-0.15, -0.1) is 0 Å². The molecule has 1 amide bonds. The van der Waals surface area contributed by atoms with E-state index in [1.165, 1.54) is 0 Å². The standard InChI is InChI=1S/C20H22N2O7S/c1-30(24,25)22-16-11-26-19-17(12-27-18(16)19)29-20(23)21-13-7-9-15(10-8-13)28-14-5-3-2-4-6-14/h2-10,16-19,22H,11-12H2,1H3,(H,21,23). The number of nitrogens with one attached hydrogen (secondary N) is 2. The highest BCUT2D eigenvalue weighted by Crippen LogP contribution is 2.29. The van der Waals surface area contributed by atoms with E-state index in [4.69, 9.17) is 18.9 Å². The van der Waals surface area contributed by atoms with E-state index in [2.05, 4.69) is 10.0 Å². The third kappa shape index (κ3) is 5.08. The van der Waals surface area contributed by atoms with Crippen LogP contribution in [0.4, 0.5) is 10.5 Å². The Hall–Kier alpha value is -2.66. The molecule has 2 heterocycles. The van der Waals surface area contributed by atoms with E-state index in [1.807, 2.05) is 30.3 Å². The molecule has 0 spiro atoms.